The van der Waals surface area contributed by atoms with E-state index in [0.717, 1.165) is 32.0 Å². The van der Waals surface area contributed by atoms with E-state index in [-0.39, 0.29) is 29.5 Å². The van der Waals surface area contributed by atoms with Crippen molar-refractivity contribution in [3.63, 3.8) is 0 Å². The van der Waals surface area contributed by atoms with Crippen LogP contribution in [-0.2, 0) is 32.6 Å². The minimum Gasteiger partial charge on any atom is -0.354 e. The third-order valence-electron chi connectivity index (χ3n) is 6.81. The molecule has 1 atom stereocenters. The number of anilines is 1. The summed E-state index contributed by atoms with van der Waals surface area (Å²) < 4.78 is 43.4. The van der Waals surface area contributed by atoms with Crippen molar-refractivity contribution in [2.24, 2.45) is 0 Å². The fourth-order valence-electron chi connectivity index (χ4n) is 4.56. The first-order valence-electron chi connectivity index (χ1n) is 13.9. The number of hydrogen-bond acceptors (Lipinski definition) is 4. The topological polar surface area (TPSA) is 86.8 Å². The molecule has 4 aromatic rings. The van der Waals surface area contributed by atoms with Crippen LogP contribution in [0.5, 0.6) is 0 Å². The Morgan fingerprint density at radius 3 is 2.05 bits per heavy atom. The summed E-state index contributed by atoms with van der Waals surface area (Å²) >= 11 is 3.43. The Morgan fingerprint density at radius 2 is 1.44 bits per heavy atom. The third-order valence-corrected chi connectivity index (χ3v) is 9.13. The molecule has 0 aromatic heterocycles. The average molecular weight is 667 g/mol. The second-order valence-corrected chi connectivity index (χ2v) is 12.7. The summed E-state index contributed by atoms with van der Waals surface area (Å²) in [6, 6.07) is 28.4. The number of benzene rings is 4. The first kappa shape index (κ1) is 31.9. The van der Waals surface area contributed by atoms with Crippen LogP contribution in [0, 0.1) is 5.82 Å². The monoisotopic (exact) mass is 665 g/mol. The highest BCUT2D eigenvalue weighted by Crippen LogP contribution is 2.25. The molecule has 0 aliphatic heterocycles. The predicted molar refractivity (Wildman–Crippen MR) is 169 cm³/mol. The van der Waals surface area contributed by atoms with Crippen molar-refractivity contribution in [3.05, 3.63) is 131 Å². The lowest BCUT2D eigenvalue weighted by Crippen LogP contribution is -2.53. The van der Waals surface area contributed by atoms with Gasteiger partial charge in [-0.1, -0.05) is 83.5 Å². The standard InChI is InChI=1S/C33H33BrFN3O4S/c1-2-21-36-33(40)31(22-25-9-5-3-6-10-25)37(23-26-13-15-27(34)16-14-26)32(39)24-38(29-19-17-28(35)18-20-29)43(41,42)30-11-7-4-8-12-30/h3-20,31H,2,21-24H2,1H3,(H,36,40)/t31-/m1/s1. The molecule has 224 valence electrons. The van der Waals surface area contributed by atoms with Gasteiger partial charge in [0.25, 0.3) is 10.0 Å². The van der Waals surface area contributed by atoms with Gasteiger partial charge in [-0.2, -0.15) is 0 Å². The average Bonchev–Trinajstić information content (AvgIpc) is 3.02. The highest BCUT2D eigenvalue weighted by atomic mass is 79.9. The molecule has 0 aliphatic rings. The van der Waals surface area contributed by atoms with Crippen molar-refractivity contribution in [2.75, 3.05) is 17.4 Å². The zero-order valence-electron chi connectivity index (χ0n) is 23.7. The molecule has 4 aromatic carbocycles. The molecule has 0 bridgehead atoms. The summed E-state index contributed by atoms with van der Waals surface area (Å²) in [7, 11) is -4.24. The summed E-state index contributed by atoms with van der Waals surface area (Å²) in [5, 5.41) is 2.92. The predicted octanol–water partition coefficient (Wildman–Crippen LogP) is 5.95. The van der Waals surface area contributed by atoms with E-state index < -0.39 is 34.3 Å². The van der Waals surface area contributed by atoms with Crippen LogP contribution in [0.4, 0.5) is 10.1 Å². The van der Waals surface area contributed by atoms with Crippen LogP contribution < -0.4 is 9.62 Å². The van der Waals surface area contributed by atoms with Crippen LogP contribution in [0.25, 0.3) is 0 Å². The normalized spacial score (nSPS) is 11.9. The number of nitrogens with zero attached hydrogens (tertiary/aromatic N) is 2. The molecule has 0 aliphatic carbocycles. The Morgan fingerprint density at radius 1 is 0.837 bits per heavy atom. The van der Waals surface area contributed by atoms with Gasteiger partial charge in [0.2, 0.25) is 11.8 Å². The number of carbonyl (C=O) groups is 2. The molecule has 10 heteroatoms. The molecule has 0 unspecified atom stereocenters. The van der Waals surface area contributed by atoms with Crippen LogP contribution in [0.2, 0.25) is 0 Å². The highest BCUT2D eigenvalue weighted by molar-refractivity contribution is 9.10. The van der Waals surface area contributed by atoms with Crippen LogP contribution in [0.15, 0.2) is 119 Å². The molecule has 0 radical (unpaired) electrons. The summed E-state index contributed by atoms with van der Waals surface area (Å²) in [4.78, 5) is 29.3. The maximum atomic E-state index is 14.3. The molecular weight excluding hydrogens is 633 g/mol. The Kier molecular flexibility index (Phi) is 11.1. The zero-order chi connectivity index (χ0) is 30.8. The van der Waals surface area contributed by atoms with Crippen LogP contribution in [-0.4, -0.2) is 44.3 Å². The lowest BCUT2D eigenvalue weighted by atomic mass is 10.0. The SMILES string of the molecule is CCCNC(=O)[C@@H](Cc1ccccc1)N(Cc1ccc(Br)cc1)C(=O)CN(c1ccc(F)cc1)S(=O)(=O)c1ccccc1. The second kappa shape index (κ2) is 14.9. The maximum absolute atomic E-state index is 14.3. The first-order chi connectivity index (χ1) is 20.7. The molecule has 0 saturated carbocycles. The number of rotatable bonds is 13. The molecule has 7 nitrogen and oxygen atoms in total. The smallest absolute Gasteiger partial charge is 0.264 e. The number of halogens is 2. The Hall–Kier alpha value is -4.02. The van der Waals surface area contributed by atoms with E-state index >= 15 is 0 Å². The van der Waals surface area contributed by atoms with Crippen molar-refractivity contribution >= 4 is 43.5 Å². The quantitative estimate of drug-likeness (QED) is 0.191. The van der Waals surface area contributed by atoms with Crippen LogP contribution in [0.3, 0.4) is 0 Å². The van der Waals surface area contributed by atoms with E-state index in [9.17, 15) is 22.4 Å². The van der Waals surface area contributed by atoms with Gasteiger partial charge in [0.15, 0.2) is 0 Å². The Labute approximate surface area is 260 Å². The molecule has 0 fully saturated rings. The fourth-order valence-corrected chi connectivity index (χ4v) is 6.26. The van der Waals surface area contributed by atoms with E-state index in [0.29, 0.717) is 13.0 Å². The van der Waals surface area contributed by atoms with Crippen molar-refractivity contribution in [1.82, 2.24) is 10.2 Å². The van der Waals surface area contributed by atoms with Gasteiger partial charge in [0, 0.05) is 24.0 Å². The summed E-state index contributed by atoms with van der Waals surface area (Å²) in [5.41, 5.74) is 1.73. The van der Waals surface area contributed by atoms with Gasteiger partial charge in [-0.3, -0.25) is 13.9 Å². The summed E-state index contributed by atoms with van der Waals surface area (Å²) in [5.74, 6) is -1.46. The van der Waals surface area contributed by atoms with Crippen LogP contribution >= 0.6 is 15.9 Å². The molecular formula is C33H33BrFN3O4S. The van der Waals surface area contributed by atoms with E-state index in [4.69, 9.17) is 0 Å². The molecule has 0 saturated heterocycles. The molecule has 43 heavy (non-hydrogen) atoms. The van der Waals surface area contributed by atoms with Gasteiger partial charge >= 0.3 is 0 Å². The van der Waals surface area contributed by atoms with Gasteiger partial charge in [-0.05, 0) is 66.1 Å². The number of amides is 2. The number of nitrogens with one attached hydrogen (secondary N) is 1. The number of carbonyl (C=O) groups excluding carboxylic acids is 2. The first-order valence-corrected chi connectivity index (χ1v) is 16.1. The van der Waals surface area contributed by atoms with E-state index in [1.165, 1.54) is 29.2 Å². The van der Waals surface area contributed by atoms with E-state index in [1.54, 1.807) is 18.2 Å². The molecule has 0 heterocycles. The molecule has 4 rings (SSSR count). The summed E-state index contributed by atoms with van der Waals surface area (Å²) in [6.45, 7) is 1.82. The van der Waals surface area contributed by atoms with E-state index in [1.807, 2.05) is 61.5 Å². The van der Waals surface area contributed by atoms with Crippen molar-refractivity contribution in [3.8, 4) is 0 Å². The van der Waals surface area contributed by atoms with Crippen LogP contribution in [0.1, 0.15) is 24.5 Å². The van der Waals surface area contributed by atoms with Gasteiger partial charge in [0.1, 0.15) is 18.4 Å². The zero-order valence-corrected chi connectivity index (χ0v) is 26.1. The van der Waals surface area contributed by atoms with Crippen molar-refractivity contribution < 1.29 is 22.4 Å². The lowest BCUT2D eigenvalue weighted by Gasteiger charge is -2.34. The van der Waals surface area contributed by atoms with Crippen molar-refractivity contribution in [2.45, 2.75) is 37.2 Å². The Bertz CT molecular complexity index is 1600. The fraction of sp³-hybridized carbons (Fsp3) is 0.212. The molecule has 2 amide bonds. The minimum atomic E-state index is -4.24. The van der Waals surface area contributed by atoms with E-state index in [2.05, 4.69) is 21.2 Å². The van der Waals surface area contributed by atoms with Gasteiger partial charge in [0.05, 0.1) is 10.6 Å². The second-order valence-electron chi connectivity index (χ2n) is 9.95. The van der Waals surface area contributed by atoms with Gasteiger partial charge in [-0.25, -0.2) is 12.8 Å². The highest BCUT2D eigenvalue weighted by Gasteiger charge is 2.34. The molecule has 1 N–H and O–H groups in total. The molecule has 0 spiro atoms. The van der Waals surface area contributed by atoms with Crippen molar-refractivity contribution in [1.29, 1.82) is 0 Å². The number of hydrogen-bond donors (Lipinski definition) is 1. The van der Waals surface area contributed by atoms with Gasteiger partial charge < -0.3 is 10.2 Å². The third kappa shape index (κ3) is 8.52. The van der Waals surface area contributed by atoms with Gasteiger partial charge in [-0.15, -0.1) is 0 Å². The summed E-state index contributed by atoms with van der Waals surface area (Å²) in [6.07, 6.45) is 0.929. The Balaban J connectivity index is 1.78. The number of sulfonamides is 1. The maximum Gasteiger partial charge on any atom is 0.264 e. The lowest BCUT2D eigenvalue weighted by molar-refractivity contribution is -0.140. The minimum absolute atomic E-state index is 0.0203. The largest absolute Gasteiger partial charge is 0.354 e.